The van der Waals surface area contributed by atoms with Gasteiger partial charge in [-0.1, -0.05) is 42.0 Å². The van der Waals surface area contributed by atoms with Crippen LogP contribution >= 0.6 is 0 Å². The first kappa shape index (κ1) is 18.9. The van der Waals surface area contributed by atoms with Crippen molar-refractivity contribution in [3.63, 3.8) is 0 Å². The lowest BCUT2D eigenvalue weighted by Gasteiger charge is -2.15. The lowest BCUT2D eigenvalue weighted by Crippen LogP contribution is -2.19. The molecule has 0 amide bonds. The number of allylic oxidation sites excluding steroid dienone is 1. The molecule has 1 fully saturated rings. The van der Waals surface area contributed by atoms with Gasteiger partial charge in [-0.3, -0.25) is 0 Å². The fourth-order valence-corrected chi connectivity index (χ4v) is 3.85. The van der Waals surface area contributed by atoms with Gasteiger partial charge < -0.3 is 15.4 Å². The van der Waals surface area contributed by atoms with E-state index < -0.39 is 0 Å². The zero-order chi connectivity index (χ0) is 19.0. The van der Waals surface area contributed by atoms with Crippen LogP contribution in [-0.4, -0.2) is 35.8 Å². The molecular weight excluding hydrogens is 348 g/mol. The Morgan fingerprint density at radius 2 is 1.86 bits per heavy atom. The molecule has 0 bridgehead atoms. The third-order valence-electron chi connectivity index (χ3n) is 5.43. The van der Waals surface area contributed by atoms with Crippen molar-refractivity contribution in [2.45, 2.75) is 51.0 Å². The predicted octanol–water partition coefficient (Wildman–Crippen LogP) is 5.04. The molecule has 1 atom stereocenters. The molecule has 1 aliphatic heterocycles. The average Bonchev–Trinajstić information content (AvgIpc) is 3.27. The van der Waals surface area contributed by atoms with Crippen molar-refractivity contribution in [3.05, 3.63) is 48.0 Å². The van der Waals surface area contributed by atoms with Crippen LogP contribution in [0.3, 0.4) is 0 Å². The van der Waals surface area contributed by atoms with E-state index in [1.165, 1.54) is 25.7 Å². The molecule has 5 nitrogen and oxygen atoms in total. The van der Waals surface area contributed by atoms with E-state index in [0.717, 1.165) is 62.0 Å². The highest BCUT2D eigenvalue weighted by Gasteiger charge is 2.16. The standard InChI is InChI=1S/C23H30N4O/c1-3-8-18(9-4-1)13-14-24-21-16-22(25-17-20-12-7-15-28-20)27-23(26-21)19-10-5-2-6-11-19/h2,5-6,8,10-11,16,20H,1,3-4,7,9,12-15,17H2,(H2,24,25,26,27). The van der Waals surface area contributed by atoms with Crippen molar-refractivity contribution in [3.8, 4) is 11.4 Å². The van der Waals surface area contributed by atoms with Gasteiger partial charge in [-0.15, -0.1) is 0 Å². The Morgan fingerprint density at radius 1 is 1.00 bits per heavy atom. The van der Waals surface area contributed by atoms with Gasteiger partial charge in [0.1, 0.15) is 11.6 Å². The van der Waals surface area contributed by atoms with Crippen LogP contribution in [0.4, 0.5) is 11.6 Å². The van der Waals surface area contributed by atoms with Crippen LogP contribution in [0.1, 0.15) is 44.9 Å². The second-order valence-corrected chi connectivity index (χ2v) is 7.63. The van der Waals surface area contributed by atoms with E-state index in [0.29, 0.717) is 0 Å². The normalized spacial score (nSPS) is 19.3. The van der Waals surface area contributed by atoms with Gasteiger partial charge >= 0.3 is 0 Å². The van der Waals surface area contributed by atoms with Crippen LogP contribution in [-0.2, 0) is 4.74 Å². The molecule has 2 aromatic rings. The maximum Gasteiger partial charge on any atom is 0.163 e. The van der Waals surface area contributed by atoms with E-state index in [1.54, 1.807) is 5.57 Å². The van der Waals surface area contributed by atoms with Crippen molar-refractivity contribution in [1.82, 2.24) is 9.97 Å². The third kappa shape index (κ3) is 5.32. The fourth-order valence-electron chi connectivity index (χ4n) is 3.85. The van der Waals surface area contributed by atoms with Crippen LogP contribution in [0.25, 0.3) is 11.4 Å². The zero-order valence-corrected chi connectivity index (χ0v) is 16.5. The Balaban J connectivity index is 1.45. The summed E-state index contributed by atoms with van der Waals surface area (Å²) >= 11 is 0. The summed E-state index contributed by atoms with van der Waals surface area (Å²) in [6.45, 7) is 2.56. The molecule has 2 aliphatic rings. The largest absolute Gasteiger partial charge is 0.376 e. The minimum atomic E-state index is 0.282. The monoisotopic (exact) mass is 378 g/mol. The van der Waals surface area contributed by atoms with E-state index in [1.807, 2.05) is 24.3 Å². The average molecular weight is 379 g/mol. The number of hydrogen-bond acceptors (Lipinski definition) is 5. The van der Waals surface area contributed by atoms with Crippen molar-refractivity contribution < 1.29 is 4.74 Å². The summed E-state index contributed by atoms with van der Waals surface area (Å²) in [5.74, 6) is 2.47. The van der Waals surface area contributed by atoms with E-state index in [2.05, 4.69) is 28.8 Å². The molecule has 5 heteroatoms. The second kappa shape index (κ2) is 9.69. The van der Waals surface area contributed by atoms with E-state index in [-0.39, 0.29) is 6.10 Å². The highest BCUT2D eigenvalue weighted by molar-refractivity contribution is 5.61. The minimum Gasteiger partial charge on any atom is -0.376 e. The van der Waals surface area contributed by atoms with E-state index in [9.17, 15) is 0 Å². The second-order valence-electron chi connectivity index (χ2n) is 7.63. The number of rotatable bonds is 8. The highest BCUT2D eigenvalue weighted by Crippen LogP contribution is 2.23. The molecular formula is C23H30N4O. The summed E-state index contributed by atoms with van der Waals surface area (Å²) in [6.07, 6.45) is 11.2. The Morgan fingerprint density at radius 3 is 2.61 bits per heavy atom. The molecule has 28 heavy (non-hydrogen) atoms. The molecule has 1 aromatic heterocycles. The molecule has 4 rings (SSSR count). The molecule has 2 heterocycles. The summed E-state index contributed by atoms with van der Waals surface area (Å²) < 4.78 is 5.72. The molecule has 148 valence electrons. The smallest absolute Gasteiger partial charge is 0.163 e. The van der Waals surface area contributed by atoms with Crippen LogP contribution < -0.4 is 10.6 Å². The summed E-state index contributed by atoms with van der Waals surface area (Å²) in [4.78, 5) is 9.49. The molecule has 2 N–H and O–H groups in total. The molecule has 1 aromatic carbocycles. The highest BCUT2D eigenvalue weighted by atomic mass is 16.5. The first-order valence-electron chi connectivity index (χ1n) is 10.6. The topological polar surface area (TPSA) is 59.1 Å². The number of nitrogens with one attached hydrogen (secondary N) is 2. The van der Waals surface area contributed by atoms with Crippen molar-refractivity contribution >= 4 is 11.6 Å². The SMILES string of the molecule is C1=C(CCNc2cc(NCC3CCCO3)nc(-c3ccccc3)n2)CCCC1. The zero-order valence-electron chi connectivity index (χ0n) is 16.5. The maximum atomic E-state index is 5.72. The van der Waals surface area contributed by atoms with Gasteiger partial charge in [0.15, 0.2) is 5.82 Å². The summed E-state index contributed by atoms with van der Waals surface area (Å²) in [7, 11) is 0. The summed E-state index contributed by atoms with van der Waals surface area (Å²) in [5, 5.41) is 6.96. The summed E-state index contributed by atoms with van der Waals surface area (Å²) in [5.41, 5.74) is 2.61. The first-order valence-corrected chi connectivity index (χ1v) is 10.6. The van der Waals surface area contributed by atoms with Crippen LogP contribution in [0, 0.1) is 0 Å². The van der Waals surface area contributed by atoms with Gasteiger partial charge in [-0.25, -0.2) is 9.97 Å². The molecule has 1 unspecified atom stereocenters. The van der Waals surface area contributed by atoms with Crippen LogP contribution in [0.2, 0.25) is 0 Å². The van der Waals surface area contributed by atoms with Crippen molar-refractivity contribution in [2.24, 2.45) is 0 Å². The van der Waals surface area contributed by atoms with Gasteiger partial charge in [0.2, 0.25) is 0 Å². The molecule has 1 aliphatic carbocycles. The van der Waals surface area contributed by atoms with Crippen LogP contribution in [0.5, 0.6) is 0 Å². The number of nitrogens with zero attached hydrogens (tertiary/aromatic N) is 2. The summed E-state index contributed by atoms with van der Waals surface area (Å²) in [6, 6.07) is 12.2. The predicted molar refractivity (Wildman–Crippen MR) is 115 cm³/mol. The molecule has 0 spiro atoms. The van der Waals surface area contributed by atoms with Gasteiger partial charge in [0.05, 0.1) is 6.10 Å². The third-order valence-corrected chi connectivity index (χ3v) is 5.43. The molecule has 1 saturated heterocycles. The Kier molecular flexibility index (Phi) is 6.56. The van der Waals surface area contributed by atoms with Crippen molar-refractivity contribution in [1.29, 1.82) is 0 Å². The van der Waals surface area contributed by atoms with Crippen molar-refractivity contribution in [2.75, 3.05) is 30.3 Å². The number of hydrogen-bond donors (Lipinski definition) is 2. The molecule has 0 saturated carbocycles. The lowest BCUT2D eigenvalue weighted by molar-refractivity contribution is 0.120. The number of anilines is 2. The Bertz CT molecular complexity index is 784. The first-order chi connectivity index (χ1) is 13.9. The van der Waals surface area contributed by atoms with E-state index >= 15 is 0 Å². The van der Waals surface area contributed by atoms with E-state index in [4.69, 9.17) is 14.7 Å². The van der Waals surface area contributed by atoms with Gasteiger partial charge in [0.25, 0.3) is 0 Å². The number of ether oxygens (including phenoxy) is 1. The van der Waals surface area contributed by atoms with Gasteiger partial charge in [-0.05, 0) is 44.9 Å². The Labute approximate surface area is 167 Å². The lowest BCUT2D eigenvalue weighted by atomic mass is 9.97. The number of aromatic nitrogens is 2. The van der Waals surface area contributed by atoms with Gasteiger partial charge in [-0.2, -0.15) is 0 Å². The maximum absolute atomic E-state index is 5.72. The number of benzene rings is 1. The molecule has 0 radical (unpaired) electrons. The quantitative estimate of drug-likeness (QED) is 0.631. The Hall–Kier alpha value is -2.40. The van der Waals surface area contributed by atoms with Gasteiger partial charge in [0, 0.05) is 31.3 Å². The minimum absolute atomic E-state index is 0.282. The fraction of sp³-hybridized carbons (Fsp3) is 0.478. The van der Waals surface area contributed by atoms with Crippen LogP contribution in [0.15, 0.2) is 48.0 Å².